The van der Waals surface area contributed by atoms with Crippen LogP contribution < -0.4 is 0 Å². The van der Waals surface area contributed by atoms with E-state index >= 15 is 0 Å². The van der Waals surface area contributed by atoms with Crippen molar-refractivity contribution in [3.8, 4) is 0 Å². The van der Waals surface area contributed by atoms with E-state index in [2.05, 4.69) is 20.4 Å². The maximum atomic E-state index is 12.8. The highest BCUT2D eigenvalue weighted by Gasteiger charge is 2.24. The highest BCUT2D eigenvalue weighted by Crippen LogP contribution is 2.48. The average Bonchev–Trinajstić information content (AvgIpc) is 2.61. The molecule has 0 unspecified atom stereocenters. The summed E-state index contributed by atoms with van der Waals surface area (Å²) >= 11 is 0. The topological polar surface area (TPSA) is 61.8 Å². The highest BCUT2D eigenvalue weighted by atomic mass is 31.2. The summed E-state index contributed by atoms with van der Waals surface area (Å²) in [7, 11) is -3.21. The van der Waals surface area contributed by atoms with Gasteiger partial charge in [-0.2, -0.15) is 0 Å². The van der Waals surface area contributed by atoms with Gasteiger partial charge in [-0.15, -0.1) is 0 Å². The van der Waals surface area contributed by atoms with Gasteiger partial charge in [0, 0.05) is 6.08 Å². The number of rotatable bonds is 18. The van der Waals surface area contributed by atoms with Crippen molar-refractivity contribution in [2.24, 2.45) is 0 Å². The molecule has 0 atom stereocenters. The Kier molecular flexibility index (Phi) is 16.4. The molecule has 0 spiro atoms. The van der Waals surface area contributed by atoms with Crippen LogP contribution in [0.15, 0.2) is 12.7 Å². The zero-order chi connectivity index (χ0) is 18.8. The molecule has 0 aliphatic heterocycles. The van der Waals surface area contributed by atoms with Crippen molar-refractivity contribution in [2.75, 3.05) is 26.0 Å². The first kappa shape index (κ1) is 24.4. The maximum absolute atomic E-state index is 12.8. The van der Waals surface area contributed by atoms with Gasteiger partial charge in [-0.25, -0.2) is 4.79 Å². The van der Waals surface area contributed by atoms with Crippen molar-refractivity contribution < 1.29 is 23.1 Å². The average molecular weight is 376 g/mol. The number of unbranched alkanes of at least 4 members (excludes halogenated alkanes) is 8. The summed E-state index contributed by atoms with van der Waals surface area (Å²) in [5.74, 6) is -0.523. The molecular weight excluding hydrogens is 339 g/mol. The van der Waals surface area contributed by atoms with Gasteiger partial charge in [0.25, 0.3) is 0 Å². The van der Waals surface area contributed by atoms with Crippen molar-refractivity contribution in [3.05, 3.63) is 12.7 Å². The Morgan fingerprint density at radius 3 is 1.76 bits per heavy atom. The Morgan fingerprint density at radius 1 is 0.840 bits per heavy atom. The third kappa shape index (κ3) is 15.3. The molecule has 0 aromatic heterocycles. The van der Waals surface area contributed by atoms with Crippen molar-refractivity contribution in [2.45, 2.75) is 78.1 Å². The monoisotopic (exact) mass is 376 g/mol. The lowest BCUT2D eigenvalue weighted by atomic mass is 10.2. The molecule has 0 aromatic rings. The highest BCUT2D eigenvalue weighted by molar-refractivity contribution is 7.53. The molecule has 0 bridgehead atoms. The molecule has 5 nitrogen and oxygen atoms in total. The van der Waals surface area contributed by atoms with Crippen LogP contribution in [0.25, 0.3) is 0 Å². The minimum Gasteiger partial charge on any atom is -0.462 e. The van der Waals surface area contributed by atoms with Gasteiger partial charge in [0.1, 0.15) is 6.61 Å². The van der Waals surface area contributed by atoms with E-state index in [-0.39, 0.29) is 12.8 Å². The van der Waals surface area contributed by atoms with Gasteiger partial charge < -0.3 is 13.8 Å². The van der Waals surface area contributed by atoms with Gasteiger partial charge in [-0.05, 0) is 12.8 Å². The van der Waals surface area contributed by atoms with E-state index in [0.29, 0.717) is 13.2 Å². The van der Waals surface area contributed by atoms with Crippen LogP contribution in [-0.2, 0) is 23.1 Å². The van der Waals surface area contributed by atoms with Crippen LogP contribution >= 0.6 is 7.60 Å². The second kappa shape index (κ2) is 16.8. The molecule has 0 aliphatic rings. The molecule has 0 radical (unpaired) electrons. The first-order valence-electron chi connectivity index (χ1n) is 9.75. The second-order valence-electron chi connectivity index (χ2n) is 6.20. The Bertz CT molecular complexity index is 364. The van der Waals surface area contributed by atoms with Crippen LogP contribution in [0.2, 0.25) is 0 Å². The molecular formula is C19H37O5P. The zero-order valence-corrected chi connectivity index (χ0v) is 17.1. The van der Waals surface area contributed by atoms with E-state index in [4.69, 9.17) is 13.8 Å². The Hall–Kier alpha value is -0.640. The third-order valence-electron chi connectivity index (χ3n) is 3.85. The molecule has 0 aromatic carbocycles. The Balaban J connectivity index is 4.16. The molecule has 0 saturated heterocycles. The van der Waals surface area contributed by atoms with E-state index < -0.39 is 13.6 Å². The van der Waals surface area contributed by atoms with Crippen molar-refractivity contribution in [3.63, 3.8) is 0 Å². The van der Waals surface area contributed by atoms with Crippen molar-refractivity contribution in [1.29, 1.82) is 0 Å². The fourth-order valence-corrected chi connectivity index (χ4v) is 3.76. The van der Waals surface area contributed by atoms with Gasteiger partial charge in [-0.3, -0.25) is 4.57 Å². The largest absolute Gasteiger partial charge is 0.462 e. The number of carbonyl (C=O) groups excluding carboxylic acids is 1. The van der Waals surface area contributed by atoms with Crippen LogP contribution in [-0.4, -0.2) is 32.0 Å². The van der Waals surface area contributed by atoms with Gasteiger partial charge in [0.05, 0.1) is 19.4 Å². The molecule has 0 N–H and O–H groups in total. The lowest BCUT2D eigenvalue weighted by Gasteiger charge is -2.18. The number of ether oxygens (including phenoxy) is 1. The van der Waals surface area contributed by atoms with E-state index in [9.17, 15) is 9.36 Å². The smallest absolute Gasteiger partial charge is 0.334 e. The predicted octanol–water partition coefficient (Wildman–Crippen LogP) is 5.88. The van der Waals surface area contributed by atoms with Crippen LogP contribution in [0.1, 0.15) is 78.1 Å². The van der Waals surface area contributed by atoms with Gasteiger partial charge in [0.2, 0.25) is 0 Å². The summed E-state index contributed by atoms with van der Waals surface area (Å²) in [6, 6.07) is 0. The van der Waals surface area contributed by atoms with E-state index in [1.54, 1.807) is 0 Å². The lowest BCUT2D eigenvalue weighted by Crippen LogP contribution is -2.10. The number of hydrogen-bond donors (Lipinski definition) is 0. The van der Waals surface area contributed by atoms with Crippen LogP contribution in [0, 0.1) is 0 Å². The molecule has 0 rings (SSSR count). The molecule has 0 amide bonds. The molecule has 0 fully saturated rings. The van der Waals surface area contributed by atoms with Crippen molar-refractivity contribution >= 4 is 13.6 Å². The summed E-state index contributed by atoms with van der Waals surface area (Å²) < 4.78 is 28.9. The number of hydrogen-bond acceptors (Lipinski definition) is 5. The molecule has 0 saturated carbocycles. The zero-order valence-electron chi connectivity index (χ0n) is 16.2. The van der Waals surface area contributed by atoms with Gasteiger partial charge in [0.15, 0.2) is 0 Å². The van der Waals surface area contributed by atoms with Crippen LogP contribution in [0.4, 0.5) is 0 Å². The fraction of sp³-hybridized carbons (Fsp3) is 0.842. The molecule has 6 heteroatoms. The normalized spacial score (nSPS) is 11.4. The summed E-state index contributed by atoms with van der Waals surface area (Å²) in [4.78, 5) is 11.1. The standard InChI is InChI=1S/C19H37O5P/c1-4-7-9-11-13-15-23-25(21,18-17-22-19(20)6-3)24-16-14-12-10-8-5-2/h6H,3-5,7-18H2,1-2H3. The van der Waals surface area contributed by atoms with E-state index in [1.807, 2.05) is 0 Å². The predicted molar refractivity (Wildman–Crippen MR) is 103 cm³/mol. The number of esters is 1. The Labute approximate surface area is 154 Å². The molecule has 148 valence electrons. The van der Waals surface area contributed by atoms with Crippen molar-refractivity contribution in [1.82, 2.24) is 0 Å². The van der Waals surface area contributed by atoms with E-state index in [0.717, 1.165) is 31.8 Å². The third-order valence-corrected chi connectivity index (χ3v) is 5.73. The molecule has 0 heterocycles. The lowest BCUT2D eigenvalue weighted by molar-refractivity contribution is -0.137. The maximum Gasteiger partial charge on any atom is 0.334 e. The Morgan fingerprint density at radius 2 is 1.32 bits per heavy atom. The van der Waals surface area contributed by atoms with E-state index in [1.165, 1.54) is 38.5 Å². The first-order valence-corrected chi connectivity index (χ1v) is 11.5. The quantitative estimate of drug-likeness (QED) is 0.129. The molecule has 0 aliphatic carbocycles. The van der Waals surface area contributed by atoms with Crippen LogP contribution in [0.5, 0.6) is 0 Å². The fourth-order valence-electron chi connectivity index (χ4n) is 2.30. The minimum absolute atomic E-state index is 0.0216. The molecule has 25 heavy (non-hydrogen) atoms. The second-order valence-corrected chi connectivity index (χ2v) is 8.39. The number of carbonyl (C=O) groups is 1. The van der Waals surface area contributed by atoms with Gasteiger partial charge in [-0.1, -0.05) is 71.8 Å². The summed E-state index contributed by atoms with van der Waals surface area (Å²) in [6.07, 6.45) is 12.2. The summed E-state index contributed by atoms with van der Waals surface area (Å²) in [5.41, 5.74) is 0. The van der Waals surface area contributed by atoms with Crippen LogP contribution in [0.3, 0.4) is 0 Å². The SMILES string of the molecule is C=CC(=O)OCCP(=O)(OCCCCCCC)OCCCCCCC. The minimum atomic E-state index is -3.21. The summed E-state index contributed by atoms with van der Waals surface area (Å²) in [6.45, 7) is 8.55. The van der Waals surface area contributed by atoms with Gasteiger partial charge >= 0.3 is 13.6 Å². The first-order chi connectivity index (χ1) is 12.1. The summed E-state index contributed by atoms with van der Waals surface area (Å²) in [5, 5.41) is 0.